The predicted molar refractivity (Wildman–Crippen MR) is 68.9 cm³/mol. The summed E-state index contributed by atoms with van der Waals surface area (Å²) in [5, 5.41) is 1.03. The fraction of sp³-hybridized carbons (Fsp3) is 0.600. The number of likely N-dealkylation sites (tertiary alicyclic amines) is 1. The lowest BCUT2D eigenvalue weighted by atomic mass is 10.3. The van der Waals surface area contributed by atoms with Gasteiger partial charge in [0, 0.05) is 38.1 Å². The second-order valence-electron chi connectivity index (χ2n) is 3.80. The molecule has 0 bridgehead atoms. The van der Waals surface area contributed by atoms with Crippen molar-refractivity contribution in [3.8, 4) is 0 Å². The van der Waals surface area contributed by atoms with Crippen LogP contribution in [0, 0.1) is 0 Å². The van der Waals surface area contributed by atoms with E-state index in [1.807, 2.05) is 6.26 Å². The van der Waals surface area contributed by atoms with E-state index in [2.05, 4.69) is 14.9 Å². The maximum absolute atomic E-state index is 5.87. The number of nitrogens with zero attached hydrogens (tertiary/aromatic N) is 3. The van der Waals surface area contributed by atoms with Crippen molar-refractivity contribution in [2.75, 3.05) is 19.3 Å². The summed E-state index contributed by atoms with van der Waals surface area (Å²) in [6.45, 7) is 2.92. The van der Waals surface area contributed by atoms with Gasteiger partial charge < -0.3 is 5.73 Å². The normalized spacial score (nSPS) is 20.8. The Bertz CT molecular complexity index is 336. The van der Waals surface area contributed by atoms with Crippen molar-refractivity contribution in [2.45, 2.75) is 24.0 Å². The molecule has 0 aliphatic carbocycles. The molecule has 4 nitrogen and oxygen atoms in total. The van der Waals surface area contributed by atoms with E-state index in [1.165, 1.54) is 0 Å². The fourth-order valence-corrected chi connectivity index (χ4v) is 2.37. The largest absolute Gasteiger partial charge is 0.326 e. The van der Waals surface area contributed by atoms with Gasteiger partial charge in [0.2, 0.25) is 0 Å². The molecule has 6 heteroatoms. The molecule has 0 radical (unpaired) electrons. The molecule has 1 aromatic heterocycles. The summed E-state index contributed by atoms with van der Waals surface area (Å²) in [5.41, 5.74) is 6.94. The van der Waals surface area contributed by atoms with Gasteiger partial charge in [-0.2, -0.15) is 0 Å². The summed E-state index contributed by atoms with van der Waals surface area (Å²) < 4.78 is 0. The molecule has 1 aliphatic rings. The molecule has 1 fully saturated rings. The summed E-state index contributed by atoms with van der Waals surface area (Å²) >= 11 is 1.65. The van der Waals surface area contributed by atoms with E-state index in [4.69, 9.17) is 5.73 Å². The minimum atomic E-state index is 0. The SMILES string of the molecule is CSc1nccnc1CN1CCC(N)C1.Cl. The highest BCUT2D eigenvalue weighted by molar-refractivity contribution is 7.98. The molecule has 1 atom stereocenters. The molecule has 16 heavy (non-hydrogen) atoms. The van der Waals surface area contributed by atoms with Crippen LogP contribution in [0.4, 0.5) is 0 Å². The van der Waals surface area contributed by atoms with Gasteiger partial charge >= 0.3 is 0 Å². The Morgan fingerprint density at radius 1 is 1.50 bits per heavy atom. The summed E-state index contributed by atoms with van der Waals surface area (Å²) in [6, 6.07) is 0.333. The zero-order valence-corrected chi connectivity index (χ0v) is 10.9. The number of hydrogen-bond acceptors (Lipinski definition) is 5. The van der Waals surface area contributed by atoms with Gasteiger partial charge in [-0.05, 0) is 12.7 Å². The van der Waals surface area contributed by atoms with Crippen LogP contribution in [0.1, 0.15) is 12.1 Å². The molecule has 0 aromatic carbocycles. The Morgan fingerprint density at radius 2 is 2.25 bits per heavy atom. The van der Waals surface area contributed by atoms with Crippen molar-refractivity contribution < 1.29 is 0 Å². The van der Waals surface area contributed by atoms with Crippen molar-refractivity contribution in [1.29, 1.82) is 0 Å². The first-order valence-corrected chi connectivity index (χ1v) is 6.34. The van der Waals surface area contributed by atoms with Gasteiger partial charge in [-0.3, -0.25) is 9.88 Å². The highest BCUT2D eigenvalue weighted by Gasteiger charge is 2.20. The van der Waals surface area contributed by atoms with Crippen molar-refractivity contribution in [3.63, 3.8) is 0 Å². The van der Waals surface area contributed by atoms with E-state index in [9.17, 15) is 0 Å². The first-order chi connectivity index (χ1) is 7.29. The molecule has 1 aliphatic heterocycles. The maximum Gasteiger partial charge on any atom is 0.119 e. The van der Waals surface area contributed by atoms with Crippen LogP contribution in [0.3, 0.4) is 0 Å². The lowest BCUT2D eigenvalue weighted by molar-refractivity contribution is 0.319. The Kier molecular flexibility index (Phi) is 5.48. The molecule has 1 unspecified atom stereocenters. The van der Waals surface area contributed by atoms with Crippen LogP contribution < -0.4 is 5.73 Å². The van der Waals surface area contributed by atoms with Crippen LogP contribution in [0.5, 0.6) is 0 Å². The molecule has 1 saturated heterocycles. The molecular formula is C10H17ClN4S. The van der Waals surface area contributed by atoms with Gasteiger partial charge in [-0.25, -0.2) is 4.98 Å². The summed E-state index contributed by atoms with van der Waals surface area (Å²) in [4.78, 5) is 11.0. The molecule has 2 rings (SSSR count). The van der Waals surface area contributed by atoms with Gasteiger partial charge in [0.05, 0.1) is 5.69 Å². The quantitative estimate of drug-likeness (QED) is 0.827. The first-order valence-electron chi connectivity index (χ1n) is 5.11. The number of nitrogens with two attached hydrogens (primary N) is 1. The third-order valence-electron chi connectivity index (χ3n) is 2.61. The van der Waals surface area contributed by atoms with E-state index in [0.717, 1.165) is 36.8 Å². The smallest absolute Gasteiger partial charge is 0.119 e. The Hall–Kier alpha value is -0.360. The second kappa shape index (κ2) is 6.39. The Labute approximate surface area is 106 Å². The highest BCUT2D eigenvalue weighted by atomic mass is 35.5. The molecule has 0 saturated carbocycles. The number of hydrogen-bond donors (Lipinski definition) is 1. The predicted octanol–water partition coefficient (Wildman–Crippen LogP) is 1.15. The Balaban J connectivity index is 0.00000128. The Morgan fingerprint density at radius 3 is 2.88 bits per heavy atom. The highest BCUT2D eigenvalue weighted by Crippen LogP contribution is 2.18. The summed E-state index contributed by atoms with van der Waals surface area (Å²) in [7, 11) is 0. The second-order valence-corrected chi connectivity index (χ2v) is 4.59. The van der Waals surface area contributed by atoms with E-state index >= 15 is 0 Å². The van der Waals surface area contributed by atoms with E-state index in [1.54, 1.807) is 24.2 Å². The third kappa shape index (κ3) is 3.31. The summed E-state index contributed by atoms with van der Waals surface area (Å²) in [6.07, 6.45) is 6.62. The van der Waals surface area contributed by atoms with Crippen LogP contribution in [0.25, 0.3) is 0 Å². The van der Waals surface area contributed by atoms with Crippen molar-refractivity contribution in [1.82, 2.24) is 14.9 Å². The lowest BCUT2D eigenvalue weighted by Gasteiger charge is -2.15. The standard InChI is InChI=1S/C10H16N4S.ClH/c1-15-10-9(12-3-4-13-10)7-14-5-2-8(11)6-14;/h3-4,8H,2,5-7,11H2,1H3;1H. The molecule has 90 valence electrons. The van der Waals surface area contributed by atoms with E-state index in [0.29, 0.717) is 6.04 Å². The van der Waals surface area contributed by atoms with Crippen molar-refractivity contribution in [2.24, 2.45) is 5.73 Å². The van der Waals surface area contributed by atoms with Crippen molar-refractivity contribution >= 4 is 24.2 Å². The fourth-order valence-electron chi connectivity index (χ4n) is 1.85. The molecule has 2 heterocycles. The van der Waals surface area contributed by atoms with Gasteiger partial charge in [0.15, 0.2) is 0 Å². The van der Waals surface area contributed by atoms with Gasteiger partial charge in [0.1, 0.15) is 5.03 Å². The molecule has 0 spiro atoms. The molecular weight excluding hydrogens is 244 g/mol. The topological polar surface area (TPSA) is 55.0 Å². The minimum Gasteiger partial charge on any atom is -0.326 e. The van der Waals surface area contributed by atoms with Gasteiger partial charge in [0.25, 0.3) is 0 Å². The van der Waals surface area contributed by atoms with Crippen LogP contribution in [0.2, 0.25) is 0 Å². The van der Waals surface area contributed by atoms with Crippen LogP contribution in [-0.2, 0) is 6.54 Å². The van der Waals surface area contributed by atoms with Crippen molar-refractivity contribution in [3.05, 3.63) is 18.1 Å². The zero-order valence-electron chi connectivity index (χ0n) is 9.30. The van der Waals surface area contributed by atoms with Gasteiger partial charge in [-0.1, -0.05) is 0 Å². The lowest BCUT2D eigenvalue weighted by Crippen LogP contribution is -2.26. The van der Waals surface area contributed by atoms with Crippen LogP contribution in [0.15, 0.2) is 17.4 Å². The number of aromatic nitrogens is 2. The molecule has 2 N–H and O–H groups in total. The average molecular weight is 261 g/mol. The van der Waals surface area contributed by atoms with E-state index < -0.39 is 0 Å². The van der Waals surface area contributed by atoms with Crippen LogP contribution >= 0.6 is 24.2 Å². The van der Waals surface area contributed by atoms with Gasteiger partial charge in [-0.15, -0.1) is 24.2 Å². The maximum atomic E-state index is 5.87. The number of thioether (sulfide) groups is 1. The summed E-state index contributed by atoms with van der Waals surface area (Å²) in [5.74, 6) is 0. The third-order valence-corrected chi connectivity index (χ3v) is 3.34. The number of rotatable bonds is 3. The monoisotopic (exact) mass is 260 g/mol. The molecule has 1 aromatic rings. The number of halogens is 1. The molecule has 0 amide bonds. The zero-order chi connectivity index (χ0) is 10.7. The first kappa shape index (κ1) is 13.7. The minimum absolute atomic E-state index is 0. The average Bonchev–Trinajstić information content (AvgIpc) is 2.65. The van der Waals surface area contributed by atoms with E-state index in [-0.39, 0.29) is 12.4 Å². The van der Waals surface area contributed by atoms with Crippen LogP contribution in [-0.4, -0.2) is 40.3 Å².